The van der Waals surface area contributed by atoms with Gasteiger partial charge in [-0.05, 0) is 92.9 Å². The smallest absolute Gasteiger partial charge is 0.535 e. The Morgan fingerprint density at radius 3 is 1.41 bits per heavy atom. The van der Waals surface area contributed by atoms with E-state index in [1.54, 1.807) is 12.1 Å². The van der Waals surface area contributed by atoms with Gasteiger partial charge < -0.3 is 23.2 Å². The molecule has 4 aromatic heterocycles. The number of carbonyl (C=O) groups is 1. The maximum Gasteiger partial charge on any atom is 0.569 e. The average Bonchev–Trinajstić information content (AvgIpc) is 1.59. The number of aryl methyl sites for hydroxylation is 1. The predicted molar refractivity (Wildman–Crippen MR) is 365 cm³/mol. The first kappa shape index (κ1) is 60.0. The molecular formula is C78H57BBrN4O8. The van der Waals surface area contributed by atoms with Crippen LogP contribution in [0.5, 0.6) is 5.75 Å². The largest absolute Gasteiger partial charge is 0.569 e. The van der Waals surface area contributed by atoms with Crippen molar-refractivity contribution < 1.29 is 37.6 Å². The van der Waals surface area contributed by atoms with Gasteiger partial charge in [-0.15, -0.1) is 0 Å². The summed E-state index contributed by atoms with van der Waals surface area (Å²) >= 11 is 3.40. The number of hydrogen-bond donors (Lipinski definition) is 1. The minimum atomic E-state index is -0.401. The van der Waals surface area contributed by atoms with Crippen LogP contribution in [0.2, 0.25) is 0 Å². The van der Waals surface area contributed by atoms with Gasteiger partial charge in [0.15, 0.2) is 17.2 Å². The minimum absolute atomic E-state index is 0.124. The number of hydrogen-bond acceptors (Lipinski definition) is 12. The van der Waals surface area contributed by atoms with Crippen LogP contribution in [0.15, 0.2) is 244 Å². The van der Waals surface area contributed by atoms with Gasteiger partial charge in [0.05, 0.1) is 34.8 Å². The number of halogens is 1. The van der Waals surface area contributed by atoms with Gasteiger partial charge in [-0.1, -0.05) is 244 Å². The molecule has 0 fully saturated rings. The minimum Gasteiger partial charge on any atom is -0.535 e. The summed E-state index contributed by atoms with van der Waals surface area (Å²) in [7, 11) is 2.05. The molecule has 14 aromatic rings. The first-order valence-electron chi connectivity index (χ1n) is 29.8. The molecule has 1 N–H and O–H groups in total. The van der Waals surface area contributed by atoms with Crippen LogP contribution >= 0.6 is 15.9 Å². The third-order valence-corrected chi connectivity index (χ3v) is 18.2. The second-order valence-corrected chi connectivity index (χ2v) is 24.2. The van der Waals surface area contributed by atoms with Crippen LogP contribution in [0.1, 0.15) is 65.9 Å². The molecule has 0 aliphatic heterocycles. The molecule has 0 saturated carbocycles. The number of aromatic nitrogens is 4. The van der Waals surface area contributed by atoms with Crippen molar-refractivity contribution >= 4 is 79.9 Å². The van der Waals surface area contributed by atoms with E-state index in [9.17, 15) is 9.82 Å². The highest BCUT2D eigenvalue weighted by Gasteiger charge is 2.37. The number of fused-ring (bicyclic) bond motifs is 12. The van der Waals surface area contributed by atoms with Crippen molar-refractivity contribution in [2.45, 2.75) is 45.4 Å². The van der Waals surface area contributed by atoms with E-state index in [4.69, 9.17) is 47.8 Å². The number of esters is 1. The topological polar surface area (TPSA) is 168 Å². The van der Waals surface area contributed by atoms with Crippen LogP contribution in [0.25, 0.3) is 123 Å². The van der Waals surface area contributed by atoms with E-state index in [2.05, 4.69) is 154 Å². The predicted octanol–water partition coefficient (Wildman–Crippen LogP) is 18.6. The van der Waals surface area contributed by atoms with Crippen molar-refractivity contribution in [2.24, 2.45) is 0 Å². The molecule has 0 atom stereocenters. The number of nitrogens with zero attached hydrogens (tertiary/aromatic N) is 4. The fourth-order valence-electron chi connectivity index (χ4n) is 12.8. The van der Waals surface area contributed by atoms with Crippen LogP contribution in [0.3, 0.4) is 0 Å². The number of furan rings is 2. The number of methoxy groups -OCH3 is 1. The van der Waals surface area contributed by atoms with E-state index < -0.39 is 5.97 Å². The van der Waals surface area contributed by atoms with E-state index in [1.807, 2.05) is 115 Å². The number of carbonyl (C=O) groups excluding carboxylic acids is 3. The van der Waals surface area contributed by atoms with Gasteiger partial charge in [-0.2, -0.15) is 19.6 Å². The molecule has 10 aromatic carbocycles. The molecule has 447 valence electrons. The summed E-state index contributed by atoms with van der Waals surface area (Å²) in [6.07, 6.45) is 0.250. The Hall–Kier alpha value is -10.9. The summed E-state index contributed by atoms with van der Waals surface area (Å²) < 4.78 is 24.4. The molecule has 0 saturated heterocycles. The van der Waals surface area contributed by atoms with Crippen molar-refractivity contribution in [2.75, 3.05) is 7.11 Å². The highest BCUT2D eigenvalue weighted by Crippen LogP contribution is 2.52. The van der Waals surface area contributed by atoms with Crippen molar-refractivity contribution in [1.29, 1.82) is 0 Å². The first-order chi connectivity index (χ1) is 44.7. The molecule has 14 heteroatoms. The monoisotopic (exact) mass is 1270 g/mol. The quantitative estimate of drug-likeness (QED) is 0.113. The van der Waals surface area contributed by atoms with Gasteiger partial charge in [0, 0.05) is 53.9 Å². The molecule has 0 unspecified atom stereocenters. The first-order valence-corrected chi connectivity index (χ1v) is 30.6. The summed E-state index contributed by atoms with van der Waals surface area (Å²) in [5.41, 5.74) is 20.7. The van der Waals surface area contributed by atoms with Crippen LogP contribution in [0, 0.1) is 6.92 Å². The molecule has 2 aliphatic rings. The van der Waals surface area contributed by atoms with Crippen LogP contribution in [-0.2, 0) is 25.2 Å². The van der Waals surface area contributed by atoms with Crippen molar-refractivity contribution in [3.8, 4) is 84.4 Å². The SMILES string of the molecule is CC1(C)c2ccccc2-c2ccc(-c3nc(-c4ccccc4)c4c(n3)oc3c(O[B]O)cccc34)cc21.COC(=O)c1ccccc1-c1cccc2c1oc1nc(-c3ccc4c(c3)C(C)(C)c3ccccc3-4)nc(-c3ccccc3)c12.Cc1ccccc1Br.O=C=O. The molecule has 0 amide bonds. The van der Waals surface area contributed by atoms with E-state index in [0.717, 1.165) is 66.3 Å². The normalized spacial score (nSPS) is 12.6. The zero-order valence-corrected chi connectivity index (χ0v) is 52.6. The van der Waals surface area contributed by atoms with E-state index in [0.29, 0.717) is 53.2 Å². The standard InChI is InChI=1S/C39H28N2O3.C31H22BN2O3.C7H7Br.CO2/c1-39(2)31-19-10-9-15-26(31)27-21-20-24(22-32(27)39)36-40-34(23-12-5-4-6-13-23)33-30-18-11-17-28(35(30)44-37(33)41-36)25-14-7-8-16-29(25)38(42)43-3;1-31(2)23-13-7-6-11-20(23)21-16-15-19(17-24(21)31)29-33-27(18-9-4-3-5-10-18)26-22-12-8-14-25(37-32-35)28(22)36-30(26)34-29;1-6-4-2-3-5-7(6)8;2-1-3/h4-22H,1-3H3;3-17,35H,1-2H3;2-5H,1H3;. The second-order valence-electron chi connectivity index (χ2n) is 23.4. The fraction of sp³-hybridized carbons (Fsp3) is 0.103. The lowest BCUT2D eigenvalue weighted by Crippen LogP contribution is -2.15. The summed E-state index contributed by atoms with van der Waals surface area (Å²) in [5.74, 6) is 1.20. The maximum absolute atomic E-state index is 12.7. The number of para-hydroxylation sites is 2. The van der Waals surface area contributed by atoms with E-state index >= 15 is 0 Å². The Bertz CT molecular complexity index is 5190. The van der Waals surface area contributed by atoms with E-state index in [-0.39, 0.29) is 17.0 Å². The van der Waals surface area contributed by atoms with Gasteiger partial charge >= 0.3 is 19.8 Å². The number of rotatable bonds is 8. The molecule has 2 aliphatic carbocycles. The number of ether oxygens (including phenoxy) is 1. The summed E-state index contributed by atoms with van der Waals surface area (Å²) in [4.78, 5) is 49.1. The second kappa shape index (κ2) is 24.8. The summed E-state index contributed by atoms with van der Waals surface area (Å²) in [6.45, 7) is 11.1. The van der Waals surface area contributed by atoms with Crippen LogP contribution in [0.4, 0.5) is 0 Å². The molecule has 4 heterocycles. The lowest BCUT2D eigenvalue weighted by atomic mass is 9.82. The van der Waals surface area contributed by atoms with Crippen LogP contribution in [-0.4, -0.2) is 51.9 Å². The third kappa shape index (κ3) is 10.7. The van der Waals surface area contributed by atoms with Gasteiger partial charge in [0.2, 0.25) is 11.4 Å². The molecule has 16 rings (SSSR count). The Morgan fingerprint density at radius 1 is 0.478 bits per heavy atom. The molecule has 92 heavy (non-hydrogen) atoms. The Kier molecular flexibility index (Phi) is 16.2. The molecule has 12 nitrogen and oxygen atoms in total. The van der Waals surface area contributed by atoms with Crippen LogP contribution < -0.4 is 4.65 Å². The van der Waals surface area contributed by atoms with Gasteiger partial charge in [-0.25, -0.2) is 14.8 Å². The molecular weight excluding hydrogens is 1210 g/mol. The Labute approximate surface area is 539 Å². The molecule has 1 radical (unpaired) electrons. The van der Waals surface area contributed by atoms with Gasteiger partial charge in [-0.3, -0.25) is 0 Å². The fourth-order valence-corrected chi connectivity index (χ4v) is 13.1. The highest BCUT2D eigenvalue weighted by atomic mass is 79.9. The Balaban J connectivity index is 0.000000146. The van der Waals surface area contributed by atoms with Crippen molar-refractivity contribution in [3.63, 3.8) is 0 Å². The highest BCUT2D eigenvalue weighted by molar-refractivity contribution is 9.10. The zero-order chi connectivity index (χ0) is 63.8. The Morgan fingerprint density at radius 2 is 0.913 bits per heavy atom. The van der Waals surface area contributed by atoms with Crippen molar-refractivity contribution in [1.82, 2.24) is 19.9 Å². The summed E-state index contributed by atoms with van der Waals surface area (Å²) in [5, 5.41) is 12.6. The van der Waals surface area contributed by atoms with Gasteiger partial charge in [0.1, 0.15) is 11.3 Å². The number of benzene rings is 10. The zero-order valence-electron chi connectivity index (χ0n) is 51.0. The summed E-state index contributed by atoms with van der Waals surface area (Å²) in [6, 6.07) is 77.5. The lowest BCUT2D eigenvalue weighted by molar-refractivity contribution is -0.191. The molecule has 0 bridgehead atoms. The van der Waals surface area contributed by atoms with Gasteiger partial charge in [0.25, 0.3) is 0 Å². The average molecular weight is 1270 g/mol. The van der Waals surface area contributed by atoms with E-state index in [1.165, 1.54) is 61.7 Å². The van der Waals surface area contributed by atoms with Crippen molar-refractivity contribution in [3.05, 3.63) is 268 Å². The lowest BCUT2D eigenvalue weighted by Gasteiger charge is -2.21. The third-order valence-electron chi connectivity index (χ3n) is 17.3. The molecule has 0 spiro atoms. The maximum atomic E-state index is 12.7.